The summed E-state index contributed by atoms with van der Waals surface area (Å²) in [7, 11) is 0. The first-order valence-corrected chi connectivity index (χ1v) is 11.5. The van der Waals surface area contributed by atoms with Crippen LogP contribution in [-0.2, 0) is 0 Å². The van der Waals surface area contributed by atoms with Crippen molar-refractivity contribution in [3.8, 4) is 11.3 Å². The molecule has 0 N–H and O–H groups in total. The maximum atomic E-state index is 13.4. The molecule has 3 heterocycles. The zero-order chi connectivity index (χ0) is 19.8. The van der Waals surface area contributed by atoms with Gasteiger partial charge in [0.25, 0.3) is 5.91 Å². The second kappa shape index (κ2) is 7.69. The Morgan fingerprint density at radius 2 is 1.83 bits per heavy atom. The summed E-state index contributed by atoms with van der Waals surface area (Å²) in [4.78, 5) is 25.7. The molecule has 0 saturated carbocycles. The van der Waals surface area contributed by atoms with Crippen LogP contribution >= 0.6 is 22.7 Å². The maximum Gasteiger partial charge on any atom is 0.266 e. The quantitative estimate of drug-likeness (QED) is 0.425. The lowest BCUT2D eigenvalue weighted by Gasteiger charge is -2.31. The van der Waals surface area contributed by atoms with Crippen molar-refractivity contribution in [3.63, 3.8) is 0 Å². The lowest BCUT2D eigenvalue weighted by Crippen LogP contribution is -2.39. The molecule has 4 aromatic rings. The first-order chi connectivity index (χ1) is 14.2. The molecule has 0 spiro atoms. The van der Waals surface area contributed by atoms with Crippen LogP contribution in [0.5, 0.6) is 0 Å². The van der Waals surface area contributed by atoms with Gasteiger partial charge in [-0.1, -0.05) is 42.5 Å². The number of aromatic nitrogens is 2. The van der Waals surface area contributed by atoms with E-state index in [2.05, 4.69) is 23.2 Å². The van der Waals surface area contributed by atoms with Gasteiger partial charge in [-0.25, -0.2) is 9.97 Å². The highest BCUT2D eigenvalue weighted by molar-refractivity contribution is 7.18. The SMILES string of the molecule is Cc1nc(-c2ccccc2)c(C(=O)N2CCC[C@H](c3nc4ccccc4s3)C2)s1. The van der Waals surface area contributed by atoms with E-state index in [0.717, 1.165) is 57.6 Å². The first-order valence-electron chi connectivity index (χ1n) is 9.86. The number of rotatable bonds is 3. The van der Waals surface area contributed by atoms with Crippen LogP contribution in [0.15, 0.2) is 54.6 Å². The van der Waals surface area contributed by atoms with Crippen LogP contribution in [0.4, 0.5) is 0 Å². The second-order valence-electron chi connectivity index (χ2n) is 7.39. The van der Waals surface area contributed by atoms with Gasteiger partial charge >= 0.3 is 0 Å². The predicted octanol–water partition coefficient (Wildman–Crippen LogP) is 5.75. The van der Waals surface area contributed by atoms with Gasteiger partial charge < -0.3 is 4.90 Å². The molecular weight excluding hydrogens is 398 g/mol. The number of aryl methyl sites for hydroxylation is 1. The summed E-state index contributed by atoms with van der Waals surface area (Å²) in [5.41, 5.74) is 2.86. The van der Waals surface area contributed by atoms with Crippen LogP contribution in [0, 0.1) is 6.92 Å². The van der Waals surface area contributed by atoms with Crippen molar-refractivity contribution in [2.24, 2.45) is 0 Å². The van der Waals surface area contributed by atoms with Crippen molar-refractivity contribution in [1.29, 1.82) is 0 Å². The fourth-order valence-electron chi connectivity index (χ4n) is 3.94. The smallest absolute Gasteiger partial charge is 0.266 e. The Balaban J connectivity index is 1.42. The Kier molecular flexibility index (Phi) is 4.89. The number of benzene rings is 2. The standard InChI is InChI=1S/C23H21N3OS2/c1-15-24-20(16-8-3-2-4-9-16)21(28-15)23(27)26-13-7-10-17(14-26)22-25-18-11-5-6-12-19(18)29-22/h2-6,8-9,11-12,17H,7,10,13-14H2,1H3/t17-/m0/s1. The highest BCUT2D eigenvalue weighted by Gasteiger charge is 2.30. The van der Waals surface area contributed by atoms with Gasteiger partial charge in [-0.2, -0.15) is 0 Å². The molecule has 1 atom stereocenters. The zero-order valence-electron chi connectivity index (χ0n) is 16.2. The van der Waals surface area contributed by atoms with Crippen molar-refractivity contribution in [2.45, 2.75) is 25.7 Å². The van der Waals surface area contributed by atoms with E-state index in [1.165, 1.54) is 16.0 Å². The third-order valence-corrected chi connectivity index (χ3v) is 7.50. The minimum atomic E-state index is 0.0975. The molecule has 1 fully saturated rings. The monoisotopic (exact) mass is 419 g/mol. The molecule has 6 heteroatoms. The summed E-state index contributed by atoms with van der Waals surface area (Å²) in [6, 6.07) is 18.3. The molecule has 146 valence electrons. The molecule has 1 saturated heterocycles. The molecule has 1 aliphatic heterocycles. The van der Waals surface area contributed by atoms with Crippen LogP contribution in [0.1, 0.15) is 38.4 Å². The predicted molar refractivity (Wildman–Crippen MR) is 120 cm³/mol. The number of fused-ring (bicyclic) bond motifs is 1. The third kappa shape index (κ3) is 3.58. The number of amides is 1. The Labute approximate surface area is 177 Å². The minimum absolute atomic E-state index is 0.0975. The van der Waals surface area contributed by atoms with Crippen LogP contribution in [0.3, 0.4) is 0 Å². The van der Waals surface area contributed by atoms with Gasteiger partial charge in [-0.05, 0) is 31.9 Å². The average molecular weight is 420 g/mol. The zero-order valence-corrected chi connectivity index (χ0v) is 17.8. The van der Waals surface area contributed by atoms with Gasteiger partial charge in [0, 0.05) is 24.6 Å². The molecule has 29 heavy (non-hydrogen) atoms. The summed E-state index contributed by atoms with van der Waals surface area (Å²) in [6.45, 7) is 3.49. The van der Waals surface area contributed by atoms with Crippen LogP contribution in [0.2, 0.25) is 0 Å². The topological polar surface area (TPSA) is 46.1 Å². The van der Waals surface area contributed by atoms with E-state index in [1.807, 2.05) is 48.2 Å². The Morgan fingerprint density at radius 1 is 1.03 bits per heavy atom. The molecule has 2 aromatic heterocycles. The van der Waals surface area contributed by atoms with E-state index in [0.29, 0.717) is 5.92 Å². The molecule has 5 rings (SSSR count). The summed E-state index contributed by atoms with van der Waals surface area (Å²) in [6.07, 6.45) is 2.08. The van der Waals surface area contributed by atoms with E-state index < -0.39 is 0 Å². The number of thiazole rings is 2. The number of nitrogens with zero attached hydrogens (tertiary/aromatic N) is 3. The summed E-state index contributed by atoms with van der Waals surface area (Å²) < 4.78 is 1.22. The minimum Gasteiger partial charge on any atom is -0.337 e. The van der Waals surface area contributed by atoms with Crippen molar-refractivity contribution in [3.05, 3.63) is 69.5 Å². The number of carbonyl (C=O) groups excluding carboxylic acids is 1. The summed E-state index contributed by atoms with van der Waals surface area (Å²) >= 11 is 3.26. The molecular formula is C23H21N3OS2. The Bertz CT molecular complexity index is 1130. The number of carbonyl (C=O) groups is 1. The van der Waals surface area contributed by atoms with Crippen molar-refractivity contribution < 1.29 is 4.79 Å². The van der Waals surface area contributed by atoms with Crippen molar-refractivity contribution in [1.82, 2.24) is 14.9 Å². The molecule has 0 bridgehead atoms. The normalized spacial score (nSPS) is 17.0. The van der Waals surface area contributed by atoms with E-state index in [-0.39, 0.29) is 5.91 Å². The number of para-hydroxylation sites is 1. The highest BCUT2D eigenvalue weighted by atomic mass is 32.1. The van der Waals surface area contributed by atoms with Crippen molar-refractivity contribution in [2.75, 3.05) is 13.1 Å². The van der Waals surface area contributed by atoms with Gasteiger partial charge in [0.2, 0.25) is 0 Å². The molecule has 0 aliphatic carbocycles. The summed E-state index contributed by atoms with van der Waals surface area (Å²) in [5.74, 6) is 0.402. The van der Waals surface area contributed by atoms with Gasteiger partial charge in [0.05, 0.1) is 25.9 Å². The Morgan fingerprint density at radius 3 is 2.66 bits per heavy atom. The fourth-order valence-corrected chi connectivity index (χ4v) is 5.94. The number of hydrogen-bond acceptors (Lipinski definition) is 5. The molecule has 0 radical (unpaired) electrons. The van der Waals surface area contributed by atoms with E-state index in [4.69, 9.17) is 4.98 Å². The molecule has 1 amide bonds. The van der Waals surface area contributed by atoms with Gasteiger partial charge in [-0.3, -0.25) is 4.79 Å². The molecule has 0 unspecified atom stereocenters. The van der Waals surface area contributed by atoms with Crippen molar-refractivity contribution >= 4 is 38.8 Å². The largest absolute Gasteiger partial charge is 0.337 e. The summed E-state index contributed by atoms with van der Waals surface area (Å²) in [5, 5.41) is 2.07. The van der Waals surface area contributed by atoms with Crippen LogP contribution in [0.25, 0.3) is 21.5 Å². The van der Waals surface area contributed by atoms with E-state index in [1.54, 1.807) is 11.3 Å². The maximum absolute atomic E-state index is 13.4. The number of piperidine rings is 1. The molecule has 1 aliphatic rings. The van der Waals surface area contributed by atoms with E-state index >= 15 is 0 Å². The number of hydrogen-bond donors (Lipinski definition) is 0. The fraction of sp³-hybridized carbons (Fsp3) is 0.261. The lowest BCUT2D eigenvalue weighted by atomic mass is 9.98. The van der Waals surface area contributed by atoms with Gasteiger partial charge in [-0.15, -0.1) is 22.7 Å². The third-order valence-electron chi connectivity index (χ3n) is 5.34. The highest BCUT2D eigenvalue weighted by Crippen LogP contribution is 2.35. The van der Waals surface area contributed by atoms with E-state index in [9.17, 15) is 4.79 Å². The number of likely N-dealkylation sites (tertiary alicyclic amines) is 1. The second-order valence-corrected chi connectivity index (χ2v) is 9.65. The molecule has 2 aromatic carbocycles. The lowest BCUT2D eigenvalue weighted by molar-refractivity contribution is 0.0712. The van der Waals surface area contributed by atoms with Crippen LogP contribution < -0.4 is 0 Å². The van der Waals surface area contributed by atoms with Crippen LogP contribution in [-0.4, -0.2) is 33.9 Å². The van der Waals surface area contributed by atoms with Gasteiger partial charge in [0.1, 0.15) is 4.88 Å². The first kappa shape index (κ1) is 18.5. The Hall–Kier alpha value is -2.57. The average Bonchev–Trinajstić information content (AvgIpc) is 3.37. The molecule has 4 nitrogen and oxygen atoms in total. The van der Waals surface area contributed by atoms with Gasteiger partial charge in [0.15, 0.2) is 0 Å².